The van der Waals surface area contributed by atoms with E-state index in [4.69, 9.17) is 11.6 Å². The van der Waals surface area contributed by atoms with E-state index in [0.717, 1.165) is 0 Å². The third-order valence-electron chi connectivity index (χ3n) is 4.50. The Balaban J connectivity index is 1.97. The molecule has 0 radical (unpaired) electrons. The van der Waals surface area contributed by atoms with Gasteiger partial charge in [0.15, 0.2) is 0 Å². The Kier molecular flexibility index (Phi) is 4.66. The van der Waals surface area contributed by atoms with Crippen molar-refractivity contribution in [2.45, 2.75) is 6.04 Å². The van der Waals surface area contributed by atoms with Gasteiger partial charge in [-0.3, -0.25) is 14.5 Å². The van der Waals surface area contributed by atoms with E-state index >= 15 is 0 Å². The normalized spacial score (nSPS) is 18.6. The molecular weight excluding hydrogens is 398 g/mol. The largest absolute Gasteiger partial charge is 0.507 e. The van der Waals surface area contributed by atoms with Gasteiger partial charge in [-0.05, 0) is 29.6 Å². The number of Topliss-reactive ketones (excluding diaryl/α,β-unsaturated/α-hetero) is 1. The molecule has 0 saturated carbocycles. The van der Waals surface area contributed by atoms with E-state index in [1.807, 2.05) is 5.38 Å². The highest BCUT2D eigenvalue weighted by Gasteiger charge is 2.48. The van der Waals surface area contributed by atoms with Crippen LogP contribution in [0.15, 0.2) is 71.6 Å². The van der Waals surface area contributed by atoms with Gasteiger partial charge in [-0.25, -0.2) is 0 Å². The number of carbonyl (C=O) groups is 2. The number of carbonyl (C=O) groups excluding carboxylic acids is 2. The van der Waals surface area contributed by atoms with Crippen molar-refractivity contribution in [3.8, 4) is 5.75 Å². The first kappa shape index (κ1) is 18.3. The van der Waals surface area contributed by atoms with Crippen LogP contribution in [0.1, 0.15) is 16.5 Å². The summed E-state index contributed by atoms with van der Waals surface area (Å²) < 4.78 is 0. The van der Waals surface area contributed by atoms with Gasteiger partial charge < -0.3 is 10.2 Å². The second-order valence-electron chi connectivity index (χ2n) is 6.18. The number of amides is 1. The lowest BCUT2D eigenvalue weighted by molar-refractivity contribution is -0.132. The third kappa shape index (κ3) is 2.96. The number of thiophene rings is 1. The Morgan fingerprint density at radius 3 is 2.46 bits per heavy atom. The molecule has 0 aliphatic carbocycles. The molecule has 1 saturated heterocycles. The number of phenols is 1. The SMILES string of the molecule is O=C1C(=O)N(c2cc(Cl)ccc2O)C(c2cccs2)/C1=C(/O)c1ccccc1. The number of phenolic OH excluding ortho intramolecular Hbond substituents is 1. The molecule has 1 aromatic heterocycles. The van der Waals surface area contributed by atoms with E-state index in [0.29, 0.717) is 15.5 Å². The predicted molar refractivity (Wildman–Crippen MR) is 109 cm³/mol. The van der Waals surface area contributed by atoms with Gasteiger partial charge in [-0.15, -0.1) is 11.3 Å². The van der Waals surface area contributed by atoms with Crippen LogP contribution in [-0.2, 0) is 9.59 Å². The lowest BCUT2D eigenvalue weighted by atomic mass is 10.00. The van der Waals surface area contributed by atoms with E-state index in [1.165, 1.54) is 34.4 Å². The molecule has 0 spiro atoms. The topological polar surface area (TPSA) is 77.8 Å². The van der Waals surface area contributed by atoms with Gasteiger partial charge >= 0.3 is 0 Å². The number of hydrogen-bond donors (Lipinski definition) is 2. The molecule has 140 valence electrons. The molecule has 1 aliphatic heterocycles. The van der Waals surface area contributed by atoms with Crippen molar-refractivity contribution in [1.29, 1.82) is 0 Å². The highest BCUT2D eigenvalue weighted by atomic mass is 35.5. The van der Waals surface area contributed by atoms with Crippen LogP contribution in [-0.4, -0.2) is 21.9 Å². The summed E-state index contributed by atoms with van der Waals surface area (Å²) >= 11 is 7.40. The van der Waals surface area contributed by atoms with Crippen LogP contribution in [0, 0.1) is 0 Å². The summed E-state index contributed by atoms with van der Waals surface area (Å²) in [5, 5.41) is 23.3. The van der Waals surface area contributed by atoms with Crippen molar-refractivity contribution in [1.82, 2.24) is 0 Å². The van der Waals surface area contributed by atoms with Crippen molar-refractivity contribution < 1.29 is 19.8 Å². The number of aliphatic hydroxyl groups excluding tert-OH is 1. The standard InChI is InChI=1S/C21H14ClNO4S/c22-13-8-9-15(24)14(11-13)23-18(16-7-4-10-28-16)17(20(26)21(23)27)19(25)12-5-2-1-3-6-12/h1-11,18,24-25H/b19-17-. The first-order valence-electron chi connectivity index (χ1n) is 8.37. The van der Waals surface area contributed by atoms with Gasteiger partial charge in [0.2, 0.25) is 0 Å². The quantitative estimate of drug-likeness (QED) is 0.371. The highest BCUT2D eigenvalue weighted by Crippen LogP contribution is 2.46. The van der Waals surface area contributed by atoms with Crippen LogP contribution < -0.4 is 4.90 Å². The Hall–Kier alpha value is -3.09. The van der Waals surface area contributed by atoms with Crippen LogP contribution in [0.2, 0.25) is 5.02 Å². The van der Waals surface area contributed by atoms with Gasteiger partial charge in [0.25, 0.3) is 11.7 Å². The molecule has 4 rings (SSSR count). The number of anilines is 1. The van der Waals surface area contributed by atoms with E-state index in [-0.39, 0.29) is 22.8 Å². The monoisotopic (exact) mass is 411 g/mol. The molecule has 2 aromatic carbocycles. The Labute approximate surface area is 169 Å². The van der Waals surface area contributed by atoms with E-state index in [9.17, 15) is 19.8 Å². The summed E-state index contributed by atoms with van der Waals surface area (Å²) in [4.78, 5) is 27.7. The van der Waals surface area contributed by atoms with Crippen LogP contribution in [0.4, 0.5) is 5.69 Å². The smallest absolute Gasteiger partial charge is 0.300 e. The fourth-order valence-corrected chi connectivity index (χ4v) is 4.23. The number of ketones is 1. The average Bonchev–Trinajstić information content (AvgIpc) is 3.31. The second kappa shape index (κ2) is 7.14. The van der Waals surface area contributed by atoms with Crippen molar-refractivity contribution in [3.63, 3.8) is 0 Å². The number of halogens is 1. The maximum atomic E-state index is 12.9. The third-order valence-corrected chi connectivity index (χ3v) is 5.66. The van der Waals surface area contributed by atoms with E-state index in [2.05, 4.69) is 0 Å². The van der Waals surface area contributed by atoms with Crippen LogP contribution in [0.3, 0.4) is 0 Å². The van der Waals surface area contributed by atoms with Crippen LogP contribution in [0.5, 0.6) is 5.75 Å². The molecule has 1 fully saturated rings. The summed E-state index contributed by atoms with van der Waals surface area (Å²) in [6, 6.07) is 15.5. The summed E-state index contributed by atoms with van der Waals surface area (Å²) in [5.41, 5.74) is 0.510. The second-order valence-corrected chi connectivity index (χ2v) is 7.60. The van der Waals surface area contributed by atoms with Crippen molar-refractivity contribution in [3.05, 3.63) is 87.1 Å². The van der Waals surface area contributed by atoms with Gasteiger partial charge in [-0.2, -0.15) is 0 Å². The molecule has 7 heteroatoms. The molecule has 5 nitrogen and oxygen atoms in total. The van der Waals surface area contributed by atoms with Crippen molar-refractivity contribution in [2.75, 3.05) is 4.90 Å². The Morgan fingerprint density at radius 2 is 1.79 bits per heavy atom. The Morgan fingerprint density at radius 1 is 1.04 bits per heavy atom. The fraction of sp³-hybridized carbons (Fsp3) is 0.0476. The highest BCUT2D eigenvalue weighted by molar-refractivity contribution is 7.10. The molecule has 1 unspecified atom stereocenters. The first-order valence-corrected chi connectivity index (χ1v) is 9.63. The zero-order chi connectivity index (χ0) is 19.8. The minimum Gasteiger partial charge on any atom is -0.507 e. The minimum absolute atomic E-state index is 0.0296. The minimum atomic E-state index is -0.871. The number of aromatic hydroxyl groups is 1. The summed E-state index contributed by atoms with van der Waals surface area (Å²) in [6.45, 7) is 0. The van der Waals surface area contributed by atoms with Gasteiger partial charge in [0.05, 0.1) is 11.3 Å². The Bertz CT molecular complexity index is 1090. The lowest BCUT2D eigenvalue weighted by Gasteiger charge is -2.25. The summed E-state index contributed by atoms with van der Waals surface area (Å²) in [7, 11) is 0. The van der Waals surface area contributed by atoms with E-state index in [1.54, 1.807) is 42.5 Å². The molecule has 2 N–H and O–H groups in total. The maximum Gasteiger partial charge on any atom is 0.300 e. The first-order chi connectivity index (χ1) is 13.5. The van der Waals surface area contributed by atoms with Gasteiger partial charge in [0.1, 0.15) is 17.6 Å². The van der Waals surface area contributed by atoms with E-state index < -0.39 is 17.7 Å². The number of hydrogen-bond acceptors (Lipinski definition) is 5. The molecule has 2 heterocycles. The van der Waals surface area contributed by atoms with Gasteiger partial charge in [-0.1, -0.05) is 48.0 Å². The molecule has 1 amide bonds. The zero-order valence-electron chi connectivity index (χ0n) is 14.4. The fourth-order valence-electron chi connectivity index (χ4n) is 3.24. The molecule has 0 bridgehead atoms. The zero-order valence-corrected chi connectivity index (χ0v) is 15.9. The molecule has 3 aromatic rings. The summed E-state index contributed by atoms with van der Waals surface area (Å²) in [6.07, 6.45) is 0. The van der Waals surface area contributed by atoms with Crippen LogP contribution >= 0.6 is 22.9 Å². The van der Waals surface area contributed by atoms with Crippen molar-refractivity contribution >= 4 is 46.1 Å². The number of benzene rings is 2. The summed E-state index contributed by atoms with van der Waals surface area (Å²) in [5.74, 6) is -2.11. The molecule has 1 atom stereocenters. The molecule has 1 aliphatic rings. The lowest BCUT2D eigenvalue weighted by Crippen LogP contribution is -2.29. The number of nitrogens with zero attached hydrogens (tertiary/aromatic N) is 1. The average molecular weight is 412 g/mol. The van der Waals surface area contributed by atoms with Gasteiger partial charge in [0, 0.05) is 15.5 Å². The molecular formula is C21H14ClNO4S. The molecule has 28 heavy (non-hydrogen) atoms. The van der Waals surface area contributed by atoms with Crippen LogP contribution in [0.25, 0.3) is 5.76 Å². The predicted octanol–water partition coefficient (Wildman–Crippen LogP) is 4.73. The van der Waals surface area contributed by atoms with Crippen molar-refractivity contribution in [2.24, 2.45) is 0 Å². The number of aliphatic hydroxyl groups is 1. The maximum absolute atomic E-state index is 12.9. The number of rotatable bonds is 3.